The number of aromatic nitrogens is 3. The minimum atomic E-state index is 0.336. The quantitative estimate of drug-likeness (QED) is 0.136. The van der Waals surface area contributed by atoms with Gasteiger partial charge in [0.25, 0.3) is 0 Å². The second kappa shape index (κ2) is 17.2. The number of rotatable bonds is 9. The van der Waals surface area contributed by atoms with Gasteiger partial charge in [0.15, 0.2) is 0 Å². The summed E-state index contributed by atoms with van der Waals surface area (Å²) in [4.78, 5) is 15.2. The van der Waals surface area contributed by atoms with Crippen LogP contribution in [0.3, 0.4) is 0 Å². The molecule has 0 N–H and O–H groups in total. The fourth-order valence-corrected chi connectivity index (χ4v) is 11.3. The van der Waals surface area contributed by atoms with Gasteiger partial charge in [-0.3, -0.25) is 15.0 Å². The van der Waals surface area contributed by atoms with Gasteiger partial charge in [0.05, 0.1) is 17.1 Å². The van der Waals surface area contributed by atoms with E-state index in [1.54, 1.807) is 0 Å². The molecule has 2 unspecified atom stereocenters. The minimum absolute atomic E-state index is 0.336. The number of hydrogen-bond acceptors (Lipinski definition) is 3. The number of allylic oxidation sites excluding steroid dienone is 4. The van der Waals surface area contributed by atoms with Crippen LogP contribution in [-0.4, -0.2) is 15.0 Å². The first-order valence-corrected chi connectivity index (χ1v) is 24.5. The molecule has 0 amide bonds. The molecule has 2 atom stereocenters. The summed E-state index contributed by atoms with van der Waals surface area (Å²) in [7, 11) is 0. The van der Waals surface area contributed by atoms with Crippen molar-refractivity contribution in [2.75, 3.05) is 0 Å². The fraction of sp³-hybridized carbons (Fsp3) is 0.0896. The van der Waals surface area contributed by atoms with Crippen LogP contribution in [0.5, 0.6) is 0 Å². The zero-order valence-corrected chi connectivity index (χ0v) is 39.2. The SMILES string of the molecule is Cc1cc(-c2ccccc2)ncc1-c1ccccc1-c1cc(-c2ccccc2-c2ccc(-c3ccc4c(c3)C3C=CC5C(C=C3)C45)nc2)cc(-c2ccccc2-c2cnc(-c3ccccc3)cc2C)c1. The van der Waals surface area contributed by atoms with Gasteiger partial charge in [-0.15, -0.1) is 0 Å². The Labute approximate surface area is 410 Å². The van der Waals surface area contributed by atoms with E-state index in [-0.39, 0.29) is 0 Å². The molecule has 332 valence electrons. The Bertz CT molecular complexity index is 3530. The summed E-state index contributed by atoms with van der Waals surface area (Å²) in [5.41, 5.74) is 25.1. The predicted octanol–water partition coefficient (Wildman–Crippen LogP) is 17.0. The first-order chi connectivity index (χ1) is 34.5. The van der Waals surface area contributed by atoms with Gasteiger partial charge in [-0.2, -0.15) is 0 Å². The van der Waals surface area contributed by atoms with Crippen molar-refractivity contribution in [3.63, 3.8) is 0 Å². The van der Waals surface area contributed by atoms with Crippen molar-refractivity contribution in [2.45, 2.75) is 25.7 Å². The lowest BCUT2D eigenvalue weighted by Gasteiger charge is -2.19. The van der Waals surface area contributed by atoms with Crippen LogP contribution in [0.2, 0.25) is 0 Å². The molecule has 3 heteroatoms. The van der Waals surface area contributed by atoms with E-state index in [0.717, 1.165) is 101 Å². The van der Waals surface area contributed by atoms with Crippen molar-refractivity contribution in [3.8, 4) is 101 Å². The van der Waals surface area contributed by atoms with Crippen LogP contribution in [0.1, 0.15) is 34.1 Å². The molecule has 10 aromatic rings. The molecule has 0 radical (unpaired) electrons. The summed E-state index contributed by atoms with van der Waals surface area (Å²) in [6.45, 7) is 4.39. The first-order valence-electron chi connectivity index (χ1n) is 24.5. The van der Waals surface area contributed by atoms with E-state index in [0.29, 0.717) is 23.7 Å². The molecule has 3 aromatic heterocycles. The third-order valence-electron chi connectivity index (χ3n) is 15.0. The van der Waals surface area contributed by atoms with Gasteiger partial charge in [0.2, 0.25) is 0 Å². The van der Waals surface area contributed by atoms with E-state index in [4.69, 9.17) is 15.0 Å². The lowest BCUT2D eigenvalue weighted by atomic mass is 9.85. The molecule has 4 aliphatic rings. The zero-order valence-electron chi connectivity index (χ0n) is 39.2. The fourth-order valence-electron chi connectivity index (χ4n) is 11.3. The van der Waals surface area contributed by atoms with Crippen LogP contribution < -0.4 is 0 Å². The van der Waals surface area contributed by atoms with Gasteiger partial charge in [0, 0.05) is 57.9 Å². The highest BCUT2D eigenvalue weighted by molar-refractivity contribution is 5.95. The summed E-state index contributed by atoms with van der Waals surface area (Å²) in [5.74, 6) is 2.27. The highest BCUT2D eigenvalue weighted by Gasteiger charge is 2.51. The molecule has 3 heterocycles. The molecule has 4 bridgehead atoms. The largest absolute Gasteiger partial charge is 0.256 e. The molecule has 1 saturated carbocycles. The van der Waals surface area contributed by atoms with Crippen molar-refractivity contribution in [3.05, 3.63) is 259 Å². The lowest BCUT2D eigenvalue weighted by molar-refractivity contribution is 1.00. The van der Waals surface area contributed by atoms with Crippen molar-refractivity contribution < 1.29 is 0 Å². The molecule has 4 aliphatic carbocycles. The Morgan fingerprint density at radius 1 is 0.286 bits per heavy atom. The molecular formula is C67H49N3. The Morgan fingerprint density at radius 3 is 1.19 bits per heavy atom. The molecule has 0 aliphatic heterocycles. The number of pyridine rings is 3. The summed E-state index contributed by atoms with van der Waals surface area (Å²) in [6, 6.07) is 70.1. The standard InChI is InChI=1S/C67H49N3/c1-42-33-65(45-15-5-3-6-16-45)69-40-62(42)56-23-13-11-21-54(56)50-35-49(36-51(37-50)55-22-12-14-24-57(55)63-41-70-66(34-43(63)2)46-17-7-4-8-18-46)53-20-10-9-19-52(53)48-28-32-64(68-39-48)47-27-31-60-61(38-47)44-25-29-58-59(30-26-44)67(58)60/h3-41,44,58-59,67H,1-2H3. The third-order valence-corrected chi connectivity index (χ3v) is 15.0. The molecule has 70 heavy (non-hydrogen) atoms. The maximum absolute atomic E-state index is 5.16. The van der Waals surface area contributed by atoms with Crippen LogP contribution in [0.25, 0.3) is 101 Å². The zero-order chi connectivity index (χ0) is 46.7. The molecule has 14 rings (SSSR count). The van der Waals surface area contributed by atoms with Crippen LogP contribution in [-0.2, 0) is 0 Å². The van der Waals surface area contributed by atoms with Crippen LogP contribution in [0.15, 0.2) is 237 Å². The van der Waals surface area contributed by atoms with Crippen molar-refractivity contribution >= 4 is 0 Å². The van der Waals surface area contributed by atoms with E-state index in [9.17, 15) is 0 Å². The normalized spacial score (nSPS) is 17.2. The number of aryl methyl sites for hydroxylation is 2. The lowest BCUT2D eigenvalue weighted by Crippen LogP contribution is -1.97. The molecule has 0 saturated heterocycles. The first kappa shape index (κ1) is 41.6. The molecular weight excluding hydrogens is 847 g/mol. The van der Waals surface area contributed by atoms with Gasteiger partial charge in [-0.05, 0) is 146 Å². The third kappa shape index (κ3) is 7.43. The van der Waals surface area contributed by atoms with E-state index in [1.165, 1.54) is 22.3 Å². The monoisotopic (exact) mass is 895 g/mol. The van der Waals surface area contributed by atoms with Crippen LogP contribution in [0.4, 0.5) is 0 Å². The Kier molecular flexibility index (Phi) is 10.2. The van der Waals surface area contributed by atoms with E-state index in [2.05, 4.69) is 226 Å². The summed E-state index contributed by atoms with van der Waals surface area (Å²) in [6.07, 6.45) is 15.9. The second-order valence-electron chi connectivity index (χ2n) is 19.2. The Balaban J connectivity index is 0.933. The van der Waals surface area contributed by atoms with Crippen LogP contribution >= 0.6 is 0 Å². The smallest absolute Gasteiger partial charge is 0.0705 e. The topological polar surface area (TPSA) is 38.7 Å². The maximum atomic E-state index is 5.16. The maximum Gasteiger partial charge on any atom is 0.0705 e. The average molecular weight is 896 g/mol. The minimum Gasteiger partial charge on any atom is -0.256 e. The van der Waals surface area contributed by atoms with Crippen LogP contribution in [0, 0.1) is 25.7 Å². The molecule has 0 spiro atoms. The Hall–Kier alpha value is -8.53. The van der Waals surface area contributed by atoms with E-state index < -0.39 is 0 Å². The summed E-state index contributed by atoms with van der Waals surface area (Å²) < 4.78 is 0. The Morgan fingerprint density at radius 2 is 0.714 bits per heavy atom. The molecule has 1 fully saturated rings. The summed E-state index contributed by atoms with van der Waals surface area (Å²) >= 11 is 0. The van der Waals surface area contributed by atoms with E-state index in [1.807, 2.05) is 24.5 Å². The number of hydrogen-bond donors (Lipinski definition) is 0. The average Bonchev–Trinajstić information content (AvgIpc) is 4.21. The second-order valence-corrected chi connectivity index (χ2v) is 19.2. The van der Waals surface area contributed by atoms with E-state index >= 15 is 0 Å². The van der Waals surface area contributed by atoms with Gasteiger partial charge in [-0.25, -0.2) is 0 Å². The van der Waals surface area contributed by atoms with Gasteiger partial charge < -0.3 is 0 Å². The molecule has 3 nitrogen and oxygen atoms in total. The number of nitrogens with zero attached hydrogens (tertiary/aromatic N) is 3. The van der Waals surface area contributed by atoms with Gasteiger partial charge in [0.1, 0.15) is 0 Å². The highest BCUT2D eigenvalue weighted by Crippen LogP contribution is 2.61. The summed E-state index contributed by atoms with van der Waals surface area (Å²) in [5, 5.41) is 0. The highest BCUT2D eigenvalue weighted by atomic mass is 14.7. The van der Waals surface area contributed by atoms with Gasteiger partial charge in [-0.1, -0.05) is 176 Å². The van der Waals surface area contributed by atoms with Crippen molar-refractivity contribution in [1.82, 2.24) is 15.0 Å². The van der Waals surface area contributed by atoms with Crippen molar-refractivity contribution in [1.29, 1.82) is 0 Å². The predicted molar refractivity (Wildman–Crippen MR) is 289 cm³/mol. The molecule has 7 aromatic carbocycles. The van der Waals surface area contributed by atoms with Crippen molar-refractivity contribution in [2.24, 2.45) is 11.8 Å². The number of benzene rings is 7. The van der Waals surface area contributed by atoms with Gasteiger partial charge >= 0.3 is 0 Å².